The number of nitrogens with one attached hydrogen (secondary N) is 2. The van der Waals surface area contributed by atoms with Gasteiger partial charge < -0.3 is 21.3 Å². The fraction of sp³-hybridized carbons (Fsp3) is 0.263. The van der Waals surface area contributed by atoms with Crippen molar-refractivity contribution in [1.29, 1.82) is 0 Å². The van der Waals surface area contributed by atoms with Crippen molar-refractivity contribution in [1.82, 2.24) is 9.88 Å². The van der Waals surface area contributed by atoms with Gasteiger partial charge >= 0.3 is 0 Å². The molecule has 148 valence electrons. The smallest absolute Gasteiger partial charge is 0.269 e. The van der Waals surface area contributed by atoms with Gasteiger partial charge in [-0.1, -0.05) is 11.6 Å². The number of halogens is 1. The van der Waals surface area contributed by atoms with Crippen LogP contribution in [0.15, 0.2) is 36.4 Å². The molecular formula is C19H22ClN5O3. The van der Waals surface area contributed by atoms with E-state index in [0.29, 0.717) is 30.0 Å². The number of aromatic nitrogens is 1. The van der Waals surface area contributed by atoms with E-state index in [1.165, 1.54) is 12.1 Å². The highest BCUT2D eigenvalue weighted by Gasteiger charge is 2.14. The fourth-order valence-corrected chi connectivity index (χ4v) is 2.68. The highest BCUT2D eigenvalue weighted by molar-refractivity contribution is 6.29. The Balaban J connectivity index is 1.97. The van der Waals surface area contributed by atoms with Crippen molar-refractivity contribution in [3.05, 3.63) is 52.8 Å². The van der Waals surface area contributed by atoms with Crippen molar-refractivity contribution < 1.29 is 14.4 Å². The Morgan fingerprint density at radius 3 is 2.29 bits per heavy atom. The number of pyridine rings is 1. The number of hydrogen-bond acceptors (Lipinski definition) is 5. The summed E-state index contributed by atoms with van der Waals surface area (Å²) in [7, 11) is 0. The first-order valence-corrected chi connectivity index (χ1v) is 9.12. The van der Waals surface area contributed by atoms with Gasteiger partial charge in [-0.2, -0.15) is 0 Å². The molecule has 0 aliphatic heterocycles. The minimum Gasteiger partial charge on any atom is -0.374 e. The predicted octanol–water partition coefficient (Wildman–Crippen LogP) is 2.37. The largest absolute Gasteiger partial charge is 0.374 e. The van der Waals surface area contributed by atoms with Crippen molar-refractivity contribution in [3.8, 4) is 0 Å². The number of primary amides is 1. The molecule has 8 nitrogen and oxygen atoms in total. The molecule has 0 aliphatic rings. The third kappa shape index (κ3) is 5.43. The van der Waals surface area contributed by atoms with Crippen molar-refractivity contribution in [2.24, 2.45) is 5.73 Å². The van der Waals surface area contributed by atoms with Crippen LogP contribution in [0.4, 0.5) is 11.4 Å². The van der Waals surface area contributed by atoms with E-state index in [2.05, 4.69) is 15.6 Å². The Morgan fingerprint density at radius 2 is 1.71 bits per heavy atom. The van der Waals surface area contributed by atoms with Crippen LogP contribution in [0.25, 0.3) is 0 Å². The number of benzene rings is 1. The third-order valence-corrected chi connectivity index (χ3v) is 4.21. The van der Waals surface area contributed by atoms with Crippen LogP contribution in [0.1, 0.15) is 34.7 Å². The molecule has 0 unspecified atom stereocenters. The summed E-state index contributed by atoms with van der Waals surface area (Å²) in [6.07, 6.45) is 0. The zero-order valence-corrected chi connectivity index (χ0v) is 16.4. The zero-order valence-electron chi connectivity index (χ0n) is 15.7. The minimum absolute atomic E-state index is 0.0421. The molecule has 2 aromatic rings. The Hall–Kier alpha value is -3.13. The number of rotatable bonds is 8. The molecule has 9 heteroatoms. The lowest BCUT2D eigenvalue weighted by atomic mass is 10.1. The van der Waals surface area contributed by atoms with Gasteiger partial charge in [0.05, 0.1) is 12.2 Å². The summed E-state index contributed by atoms with van der Waals surface area (Å²) >= 11 is 5.75. The molecule has 0 fully saturated rings. The summed E-state index contributed by atoms with van der Waals surface area (Å²) in [6, 6.07) is 9.66. The summed E-state index contributed by atoms with van der Waals surface area (Å²) in [5.74, 6) is -1.15. The summed E-state index contributed by atoms with van der Waals surface area (Å²) in [4.78, 5) is 41.4. The first kappa shape index (κ1) is 21.2. The van der Waals surface area contributed by atoms with Crippen LogP contribution in [-0.4, -0.2) is 47.2 Å². The summed E-state index contributed by atoms with van der Waals surface area (Å²) < 4.78 is 0. The number of anilines is 2. The quantitative estimate of drug-likeness (QED) is 0.585. The van der Waals surface area contributed by atoms with Gasteiger partial charge in [-0.15, -0.1) is 0 Å². The first-order valence-electron chi connectivity index (χ1n) is 8.75. The fourth-order valence-electron chi connectivity index (χ4n) is 2.54. The van der Waals surface area contributed by atoms with Gasteiger partial charge in [0.25, 0.3) is 11.8 Å². The average Bonchev–Trinajstić information content (AvgIpc) is 2.68. The number of carbonyl (C=O) groups is 3. The number of nitrogens with two attached hydrogens (primary N) is 1. The standard InChI is InChI=1S/C19H22ClN5O3/c1-3-25(4-2)19(28)12-5-7-13(8-6-12)23-16(26)11-22-14-9-10-15(20)24-17(14)18(21)27/h5-10,22H,3-4,11H2,1-2H3,(H2,21,27)(H,23,26). The Morgan fingerprint density at radius 1 is 1.07 bits per heavy atom. The van der Waals surface area contributed by atoms with Gasteiger partial charge in [0, 0.05) is 24.3 Å². The van der Waals surface area contributed by atoms with E-state index in [4.69, 9.17) is 17.3 Å². The molecule has 0 saturated carbocycles. The van der Waals surface area contributed by atoms with Crippen molar-refractivity contribution in [2.45, 2.75) is 13.8 Å². The topological polar surface area (TPSA) is 117 Å². The molecular weight excluding hydrogens is 382 g/mol. The van der Waals surface area contributed by atoms with Gasteiger partial charge in [-0.05, 0) is 50.2 Å². The SMILES string of the molecule is CCN(CC)C(=O)c1ccc(NC(=O)CNc2ccc(Cl)nc2C(N)=O)cc1. The van der Waals surface area contributed by atoms with E-state index >= 15 is 0 Å². The van der Waals surface area contributed by atoms with E-state index < -0.39 is 5.91 Å². The van der Waals surface area contributed by atoms with Crippen LogP contribution in [0.3, 0.4) is 0 Å². The first-order chi connectivity index (χ1) is 13.3. The number of carbonyl (C=O) groups excluding carboxylic acids is 3. The van der Waals surface area contributed by atoms with Crippen LogP contribution < -0.4 is 16.4 Å². The molecule has 28 heavy (non-hydrogen) atoms. The van der Waals surface area contributed by atoms with E-state index in [1.807, 2.05) is 13.8 Å². The second-order valence-corrected chi connectivity index (χ2v) is 6.24. The molecule has 4 N–H and O–H groups in total. The molecule has 0 saturated heterocycles. The number of amides is 3. The molecule has 0 aliphatic carbocycles. The highest BCUT2D eigenvalue weighted by atomic mass is 35.5. The van der Waals surface area contributed by atoms with Crippen LogP contribution in [0.5, 0.6) is 0 Å². The normalized spacial score (nSPS) is 10.2. The van der Waals surface area contributed by atoms with Crippen molar-refractivity contribution in [2.75, 3.05) is 30.3 Å². The Labute approximate surface area is 168 Å². The van der Waals surface area contributed by atoms with Crippen LogP contribution >= 0.6 is 11.6 Å². The van der Waals surface area contributed by atoms with Crippen LogP contribution in [0.2, 0.25) is 5.15 Å². The molecule has 0 atom stereocenters. The van der Waals surface area contributed by atoms with Gasteiger partial charge in [-0.3, -0.25) is 14.4 Å². The third-order valence-electron chi connectivity index (χ3n) is 4.00. The van der Waals surface area contributed by atoms with Crippen molar-refractivity contribution >= 4 is 40.7 Å². The van der Waals surface area contributed by atoms with Gasteiger partial charge in [0.1, 0.15) is 5.15 Å². The van der Waals surface area contributed by atoms with E-state index in [1.54, 1.807) is 29.2 Å². The molecule has 0 bridgehead atoms. The number of hydrogen-bond donors (Lipinski definition) is 3. The minimum atomic E-state index is -0.751. The van der Waals surface area contributed by atoms with Gasteiger partial charge in [-0.25, -0.2) is 4.98 Å². The predicted molar refractivity (Wildman–Crippen MR) is 109 cm³/mol. The van der Waals surface area contributed by atoms with E-state index in [0.717, 1.165) is 0 Å². The van der Waals surface area contributed by atoms with E-state index in [-0.39, 0.29) is 29.2 Å². The van der Waals surface area contributed by atoms with E-state index in [9.17, 15) is 14.4 Å². The molecule has 3 amide bonds. The molecule has 0 spiro atoms. The summed E-state index contributed by atoms with van der Waals surface area (Å²) in [5, 5.41) is 5.64. The second kappa shape index (κ2) is 9.70. The summed E-state index contributed by atoms with van der Waals surface area (Å²) in [6.45, 7) is 4.99. The molecule has 1 aromatic heterocycles. The highest BCUT2D eigenvalue weighted by Crippen LogP contribution is 2.16. The van der Waals surface area contributed by atoms with Crippen LogP contribution in [-0.2, 0) is 4.79 Å². The zero-order chi connectivity index (χ0) is 20.7. The van der Waals surface area contributed by atoms with Crippen molar-refractivity contribution in [3.63, 3.8) is 0 Å². The molecule has 1 aromatic carbocycles. The summed E-state index contributed by atoms with van der Waals surface area (Å²) in [5.41, 5.74) is 6.63. The van der Waals surface area contributed by atoms with Crippen LogP contribution in [0, 0.1) is 0 Å². The maximum atomic E-state index is 12.3. The maximum absolute atomic E-state index is 12.3. The average molecular weight is 404 g/mol. The monoisotopic (exact) mass is 403 g/mol. The lowest BCUT2D eigenvalue weighted by Gasteiger charge is -2.18. The molecule has 1 heterocycles. The number of nitrogens with zero attached hydrogens (tertiary/aromatic N) is 2. The maximum Gasteiger partial charge on any atom is 0.269 e. The lowest BCUT2D eigenvalue weighted by molar-refractivity contribution is -0.114. The second-order valence-electron chi connectivity index (χ2n) is 5.85. The lowest BCUT2D eigenvalue weighted by Crippen LogP contribution is -2.30. The molecule has 0 radical (unpaired) electrons. The molecule has 2 rings (SSSR count). The Bertz CT molecular complexity index is 866. The van der Waals surface area contributed by atoms with Gasteiger partial charge in [0.2, 0.25) is 5.91 Å². The Kier molecular flexibility index (Phi) is 7.34. The van der Waals surface area contributed by atoms with Gasteiger partial charge in [0.15, 0.2) is 5.69 Å².